The number of hydrogen-bond donors (Lipinski definition) is 1. The van der Waals surface area contributed by atoms with E-state index in [0.29, 0.717) is 0 Å². The predicted molar refractivity (Wildman–Crippen MR) is 86.2 cm³/mol. The van der Waals surface area contributed by atoms with Crippen LogP contribution in [0.2, 0.25) is 0 Å². The van der Waals surface area contributed by atoms with Gasteiger partial charge >= 0.3 is 0 Å². The van der Waals surface area contributed by atoms with Crippen LogP contribution in [0.4, 0.5) is 0 Å². The maximum Gasteiger partial charge on any atom is 0.0584 e. The summed E-state index contributed by atoms with van der Waals surface area (Å²) in [5, 5.41) is 5.99. The van der Waals surface area contributed by atoms with Crippen molar-refractivity contribution in [2.45, 2.75) is 19.9 Å². The van der Waals surface area contributed by atoms with Crippen LogP contribution in [0.25, 0.3) is 10.8 Å². The molecule has 0 saturated heterocycles. The summed E-state index contributed by atoms with van der Waals surface area (Å²) in [6.07, 6.45) is 5.66. The van der Waals surface area contributed by atoms with E-state index in [4.69, 9.17) is 0 Å². The van der Waals surface area contributed by atoms with Gasteiger partial charge in [-0.15, -0.1) is 0 Å². The molecule has 0 saturated carbocycles. The van der Waals surface area contributed by atoms with Gasteiger partial charge in [0.25, 0.3) is 0 Å². The predicted octanol–water partition coefficient (Wildman–Crippen LogP) is 3.64. The van der Waals surface area contributed by atoms with Crippen molar-refractivity contribution in [2.24, 2.45) is 0 Å². The summed E-state index contributed by atoms with van der Waals surface area (Å²) < 4.78 is 0. The van der Waals surface area contributed by atoms with Crippen molar-refractivity contribution >= 4 is 10.8 Å². The monoisotopic (exact) mass is 277 g/mol. The van der Waals surface area contributed by atoms with E-state index in [1.54, 1.807) is 0 Å². The Morgan fingerprint density at radius 2 is 2.05 bits per heavy atom. The molecule has 1 atom stereocenters. The van der Waals surface area contributed by atoms with Gasteiger partial charge in [-0.2, -0.15) is 0 Å². The third kappa shape index (κ3) is 2.78. The molecule has 1 aromatic carbocycles. The summed E-state index contributed by atoms with van der Waals surface area (Å²) in [5.41, 5.74) is 3.53. The molecule has 1 N–H and O–H groups in total. The molecule has 2 aromatic heterocycles. The molecule has 3 rings (SSSR count). The normalized spacial score (nSPS) is 12.5. The van der Waals surface area contributed by atoms with E-state index in [2.05, 4.69) is 58.6 Å². The molecule has 3 aromatic rings. The molecule has 0 spiro atoms. The first-order chi connectivity index (χ1) is 10.3. The lowest BCUT2D eigenvalue weighted by molar-refractivity contribution is 0.633. The van der Waals surface area contributed by atoms with E-state index >= 15 is 0 Å². The van der Waals surface area contributed by atoms with Gasteiger partial charge in [-0.3, -0.25) is 9.97 Å². The molecule has 21 heavy (non-hydrogen) atoms. The largest absolute Gasteiger partial charge is 0.307 e. The SMILES string of the molecule is CCNC(c1ccnc(C)c1)c1cccc2ccncc12. The van der Waals surface area contributed by atoms with Crippen molar-refractivity contribution in [3.05, 3.63) is 71.8 Å². The Morgan fingerprint density at radius 1 is 1.14 bits per heavy atom. The number of aromatic nitrogens is 2. The molecule has 106 valence electrons. The van der Waals surface area contributed by atoms with Crippen molar-refractivity contribution in [2.75, 3.05) is 6.54 Å². The summed E-state index contributed by atoms with van der Waals surface area (Å²) in [6.45, 7) is 5.06. The van der Waals surface area contributed by atoms with Gasteiger partial charge in [0, 0.05) is 29.7 Å². The molecule has 0 aliphatic carbocycles. The second-order valence-electron chi connectivity index (χ2n) is 5.17. The number of aryl methyl sites for hydroxylation is 1. The molecule has 1 unspecified atom stereocenters. The molecule has 2 heterocycles. The van der Waals surface area contributed by atoms with E-state index < -0.39 is 0 Å². The van der Waals surface area contributed by atoms with Crippen LogP contribution in [0.15, 0.2) is 55.0 Å². The van der Waals surface area contributed by atoms with E-state index in [0.717, 1.165) is 12.2 Å². The summed E-state index contributed by atoms with van der Waals surface area (Å²) >= 11 is 0. The van der Waals surface area contributed by atoms with Gasteiger partial charge in [0.05, 0.1) is 6.04 Å². The minimum absolute atomic E-state index is 0.157. The maximum atomic E-state index is 4.30. The fraction of sp³-hybridized carbons (Fsp3) is 0.222. The quantitative estimate of drug-likeness (QED) is 0.791. The molecule has 0 fully saturated rings. The number of nitrogens with zero attached hydrogens (tertiary/aromatic N) is 2. The number of fused-ring (bicyclic) bond motifs is 1. The number of benzene rings is 1. The van der Waals surface area contributed by atoms with Crippen molar-refractivity contribution < 1.29 is 0 Å². The standard InChI is InChI=1S/C18H19N3/c1-3-20-18(15-8-10-21-13(2)11-15)16-6-4-5-14-7-9-19-12-17(14)16/h4-12,18,20H,3H2,1-2H3. The van der Waals surface area contributed by atoms with Crippen LogP contribution in [0, 0.1) is 6.92 Å². The van der Waals surface area contributed by atoms with Gasteiger partial charge in [-0.1, -0.05) is 25.1 Å². The Kier molecular flexibility index (Phi) is 3.93. The number of rotatable bonds is 4. The molecule has 0 aliphatic heterocycles. The Morgan fingerprint density at radius 3 is 2.86 bits per heavy atom. The fourth-order valence-electron chi connectivity index (χ4n) is 2.75. The van der Waals surface area contributed by atoms with Gasteiger partial charge in [-0.05, 0) is 48.2 Å². The fourth-order valence-corrected chi connectivity index (χ4v) is 2.75. The highest BCUT2D eigenvalue weighted by atomic mass is 14.9. The number of pyridine rings is 2. The topological polar surface area (TPSA) is 37.8 Å². The van der Waals surface area contributed by atoms with Gasteiger partial charge < -0.3 is 5.32 Å². The summed E-state index contributed by atoms with van der Waals surface area (Å²) in [7, 11) is 0. The summed E-state index contributed by atoms with van der Waals surface area (Å²) in [6, 6.07) is 12.8. The highest BCUT2D eigenvalue weighted by molar-refractivity contribution is 5.85. The second kappa shape index (κ2) is 6.02. The zero-order valence-electron chi connectivity index (χ0n) is 12.4. The van der Waals surface area contributed by atoms with E-state index in [9.17, 15) is 0 Å². The zero-order valence-corrected chi connectivity index (χ0v) is 12.4. The molecular formula is C18H19N3. The van der Waals surface area contributed by atoms with Crippen molar-refractivity contribution in [3.63, 3.8) is 0 Å². The highest BCUT2D eigenvalue weighted by Crippen LogP contribution is 2.28. The first-order valence-electron chi connectivity index (χ1n) is 7.28. The average molecular weight is 277 g/mol. The Labute approximate surface area is 125 Å². The van der Waals surface area contributed by atoms with Gasteiger partial charge in [0.15, 0.2) is 0 Å². The van der Waals surface area contributed by atoms with Crippen molar-refractivity contribution in [1.29, 1.82) is 0 Å². The maximum absolute atomic E-state index is 4.30. The lowest BCUT2D eigenvalue weighted by Crippen LogP contribution is -2.22. The smallest absolute Gasteiger partial charge is 0.0584 e. The minimum Gasteiger partial charge on any atom is -0.307 e. The molecule has 3 heteroatoms. The Bertz CT molecular complexity index is 747. The zero-order chi connectivity index (χ0) is 14.7. The molecular weight excluding hydrogens is 258 g/mol. The number of nitrogens with one attached hydrogen (secondary N) is 1. The van der Waals surface area contributed by atoms with Gasteiger partial charge in [0.2, 0.25) is 0 Å². The lowest BCUT2D eigenvalue weighted by Gasteiger charge is -2.21. The van der Waals surface area contributed by atoms with Crippen LogP contribution in [-0.4, -0.2) is 16.5 Å². The Balaban J connectivity index is 2.16. The van der Waals surface area contributed by atoms with Gasteiger partial charge in [0.1, 0.15) is 0 Å². The molecule has 0 radical (unpaired) electrons. The molecule has 0 amide bonds. The van der Waals surface area contributed by atoms with Crippen LogP contribution in [0.5, 0.6) is 0 Å². The van der Waals surface area contributed by atoms with Crippen molar-refractivity contribution in [1.82, 2.24) is 15.3 Å². The highest BCUT2D eigenvalue weighted by Gasteiger charge is 2.15. The average Bonchev–Trinajstić information content (AvgIpc) is 2.52. The molecule has 0 bridgehead atoms. The van der Waals surface area contributed by atoms with Crippen LogP contribution >= 0.6 is 0 Å². The Hall–Kier alpha value is -2.26. The second-order valence-corrected chi connectivity index (χ2v) is 5.17. The van der Waals surface area contributed by atoms with Crippen LogP contribution in [0.1, 0.15) is 29.8 Å². The van der Waals surface area contributed by atoms with Gasteiger partial charge in [-0.25, -0.2) is 0 Å². The number of hydrogen-bond acceptors (Lipinski definition) is 3. The van der Waals surface area contributed by atoms with Crippen molar-refractivity contribution in [3.8, 4) is 0 Å². The summed E-state index contributed by atoms with van der Waals surface area (Å²) in [5.74, 6) is 0. The van der Waals surface area contributed by atoms with Crippen LogP contribution < -0.4 is 5.32 Å². The minimum atomic E-state index is 0.157. The lowest BCUT2D eigenvalue weighted by atomic mass is 9.95. The van der Waals surface area contributed by atoms with Crippen LogP contribution in [-0.2, 0) is 0 Å². The van der Waals surface area contributed by atoms with E-state index in [1.807, 2.05) is 25.5 Å². The first kappa shape index (κ1) is 13.7. The molecule has 3 nitrogen and oxygen atoms in total. The summed E-state index contributed by atoms with van der Waals surface area (Å²) in [4.78, 5) is 8.59. The third-order valence-corrected chi connectivity index (χ3v) is 3.69. The first-order valence-corrected chi connectivity index (χ1v) is 7.28. The van der Waals surface area contributed by atoms with E-state index in [-0.39, 0.29) is 6.04 Å². The molecule has 0 aliphatic rings. The van der Waals surface area contributed by atoms with E-state index in [1.165, 1.54) is 21.9 Å². The van der Waals surface area contributed by atoms with Crippen LogP contribution in [0.3, 0.4) is 0 Å². The third-order valence-electron chi connectivity index (χ3n) is 3.69.